The van der Waals surface area contributed by atoms with Crippen LogP contribution in [0.25, 0.3) is 0 Å². The van der Waals surface area contributed by atoms with Crippen LogP contribution in [0, 0.1) is 5.92 Å². The number of hydrogen-bond acceptors (Lipinski definition) is 2. The minimum Gasteiger partial charge on any atom is -0.388 e. The lowest BCUT2D eigenvalue weighted by Crippen LogP contribution is -2.14. The summed E-state index contributed by atoms with van der Waals surface area (Å²) in [5.41, 5.74) is 0. The van der Waals surface area contributed by atoms with E-state index in [1.54, 1.807) is 11.3 Å². The molecule has 1 saturated carbocycles. The van der Waals surface area contributed by atoms with Crippen LogP contribution in [0.2, 0.25) is 0 Å². The minimum atomic E-state index is -0.235. The van der Waals surface area contributed by atoms with E-state index in [-0.39, 0.29) is 6.10 Å². The van der Waals surface area contributed by atoms with Gasteiger partial charge in [0.2, 0.25) is 0 Å². The Kier molecular flexibility index (Phi) is 3.06. The lowest BCUT2D eigenvalue weighted by Gasteiger charge is -2.27. The van der Waals surface area contributed by atoms with Gasteiger partial charge in [-0.3, -0.25) is 0 Å². The third-order valence-electron chi connectivity index (χ3n) is 2.70. The van der Waals surface area contributed by atoms with Gasteiger partial charge in [-0.15, -0.1) is 11.3 Å². The quantitative estimate of drug-likeness (QED) is 0.878. The van der Waals surface area contributed by atoms with E-state index in [0.29, 0.717) is 0 Å². The summed E-state index contributed by atoms with van der Waals surface area (Å²) in [6.45, 7) is 0. The first-order valence-electron chi connectivity index (χ1n) is 4.67. The van der Waals surface area contributed by atoms with Crippen LogP contribution in [0.4, 0.5) is 0 Å². The molecule has 1 aliphatic rings. The zero-order valence-electron chi connectivity index (χ0n) is 7.37. The zero-order valence-corrected chi connectivity index (χ0v) is 9.77. The molecule has 1 N–H and O–H groups in total. The molecule has 13 heavy (non-hydrogen) atoms. The van der Waals surface area contributed by atoms with E-state index in [0.717, 1.165) is 21.7 Å². The number of aliphatic hydroxyl groups is 1. The molecule has 1 aromatic heterocycles. The van der Waals surface area contributed by atoms with E-state index in [9.17, 15) is 5.11 Å². The number of halogens is 1. The summed E-state index contributed by atoms with van der Waals surface area (Å²) in [4.78, 5) is 1.10. The molecule has 0 radical (unpaired) electrons. The fourth-order valence-corrected chi connectivity index (χ4v) is 3.11. The van der Waals surface area contributed by atoms with Crippen molar-refractivity contribution < 1.29 is 5.11 Å². The number of aliphatic hydroxyl groups excluding tert-OH is 1. The molecule has 1 atom stereocenters. The molecule has 0 saturated heterocycles. The van der Waals surface area contributed by atoms with E-state index in [4.69, 9.17) is 0 Å². The van der Waals surface area contributed by atoms with Crippen LogP contribution in [0.3, 0.4) is 0 Å². The molecule has 1 nitrogen and oxygen atoms in total. The summed E-state index contributed by atoms with van der Waals surface area (Å²) >= 11 is 5.03. The Morgan fingerprint density at radius 2 is 2.38 bits per heavy atom. The maximum absolute atomic E-state index is 9.86. The maximum atomic E-state index is 9.86. The Bertz CT molecular complexity index is 280. The predicted octanol–water partition coefficient (Wildman–Crippen LogP) is 3.73. The highest BCUT2D eigenvalue weighted by Crippen LogP contribution is 2.36. The Labute approximate surface area is 90.9 Å². The van der Waals surface area contributed by atoms with E-state index in [1.807, 2.05) is 11.4 Å². The van der Waals surface area contributed by atoms with Gasteiger partial charge in [0.25, 0.3) is 0 Å². The van der Waals surface area contributed by atoms with Crippen molar-refractivity contribution in [3.8, 4) is 0 Å². The van der Waals surface area contributed by atoms with Gasteiger partial charge in [0.05, 0.1) is 6.10 Å². The van der Waals surface area contributed by atoms with Crippen LogP contribution >= 0.6 is 27.3 Å². The van der Waals surface area contributed by atoms with Crippen LogP contribution in [0.1, 0.15) is 36.7 Å². The van der Waals surface area contributed by atoms with Crippen molar-refractivity contribution in [2.24, 2.45) is 5.92 Å². The van der Waals surface area contributed by atoms with Crippen LogP contribution in [0.15, 0.2) is 15.9 Å². The van der Waals surface area contributed by atoms with Crippen molar-refractivity contribution in [3.05, 3.63) is 20.8 Å². The molecule has 1 unspecified atom stereocenters. The molecular formula is C10H13BrOS. The van der Waals surface area contributed by atoms with Crippen molar-refractivity contribution >= 4 is 27.3 Å². The first-order valence-corrected chi connectivity index (χ1v) is 6.35. The second kappa shape index (κ2) is 4.11. The number of rotatable bonds is 3. The average Bonchev–Trinajstić information content (AvgIpc) is 2.44. The van der Waals surface area contributed by atoms with Gasteiger partial charge in [-0.25, -0.2) is 0 Å². The number of hydrogen-bond donors (Lipinski definition) is 1. The van der Waals surface area contributed by atoms with Crippen molar-refractivity contribution in [2.45, 2.75) is 31.8 Å². The normalized spacial score (nSPS) is 19.8. The molecule has 72 valence electrons. The summed E-state index contributed by atoms with van der Waals surface area (Å²) in [5.74, 6) is 0.774. The topological polar surface area (TPSA) is 20.2 Å². The van der Waals surface area contributed by atoms with Crippen molar-refractivity contribution in [1.82, 2.24) is 0 Å². The Morgan fingerprint density at radius 3 is 2.85 bits per heavy atom. The smallest absolute Gasteiger partial charge is 0.0885 e. The fourth-order valence-electron chi connectivity index (χ4n) is 1.66. The largest absolute Gasteiger partial charge is 0.388 e. The lowest BCUT2D eigenvalue weighted by atomic mass is 9.81. The molecule has 0 aromatic carbocycles. The number of thiophene rings is 1. The molecule has 1 aromatic rings. The zero-order chi connectivity index (χ0) is 9.26. The second-order valence-electron chi connectivity index (χ2n) is 3.72. The van der Waals surface area contributed by atoms with E-state index >= 15 is 0 Å². The van der Waals surface area contributed by atoms with Gasteiger partial charge in [0.15, 0.2) is 0 Å². The molecule has 1 fully saturated rings. The van der Waals surface area contributed by atoms with E-state index in [2.05, 4.69) is 15.9 Å². The third-order valence-corrected chi connectivity index (χ3v) is 4.49. The van der Waals surface area contributed by atoms with Gasteiger partial charge in [-0.2, -0.15) is 0 Å². The molecule has 1 heterocycles. The van der Waals surface area contributed by atoms with Crippen molar-refractivity contribution in [3.63, 3.8) is 0 Å². The molecule has 0 aliphatic heterocycles. The molecule has 1 aliphatic carbocycles. The van der Waals surface area contributed by atoms with Gasteiger partial charge in [-0.05, 0) is 34.3 Å². The Morgan fingerprint density at radius 1 is 1.62 bits per heavy atom. The SMILES string of the molecule is OC(CC1CCC1)c1cc(Br)cs1. The highest BCUT2D eigenvalue weighted by atomic mass is 79.9. The van der Waals surface area contributed by atoms with Gasteiger partial charge in [0.1, 0.15) is 0 Å². The summed E-state index contributed by atoms with van der Waals surface area (Å²) in [5, 5.41) is 11.9. The molecule has 0 amide bonds. The Hall–Kier alpha value is 0.140. The first kappa shape index (κ1) is 9.69. The third kappa shape index (κ3) is 2.33. The van der Waals surface area contributed by atoms with Crippen LogP contribution in [0.5, 0.6) is 0 Å². The van der Waals surface area contributed by atoms with E-state index < -0.39 is 0 Å². The minimum absolute atomic E-state index is 0.235. The van der Waals surface area contributed by atoms with E-state index in [1.165, 1.54) is 19.3 Å². The second-order valence-corrected chi connectivity index (χ2v) is 5.57. The monoisotopic (exact) mass is 260 g/mol. The van der Waals surface area contributed by atoms with Crippen LogP contribution in [-0.2, 0) is 0 Å². The van der Waals surface area contributed by atoms with Gasteiger partial charge in [-0.1, -0.05) is 19.3 Å². The highest BCUT2D eigenvalue weighted by Gasteiger charge is 2.22. The summed E-state index contributed by atoms with van der Waals surface area (Å²) < 4.78 is 1.08. The van der Waals surface area contributed by atoms with Crippen LogP contribution < -0.4 is 0 Å². The van der Waals surface area contributed by atoms with Gasteiger partial charge in [0, 0.05) is 14.7 Å². The van der Waals surface area contributed by atoms with Crippen molar-refractivity contribution in [2.75, 3.05) is 0 Å². The average molecular weight is 261 g/mol. The van der Waals surface area contributed by atoms with Crippen molar-refractivity contribution in [1.29, 1.82) is 0 Å². The maximum Gasteiger partial charge on any atom is 0.0885 e. The molecule has 0 spiro atoms. The summed E-state index contributed by atoms with van der Waals surface area (Å²) in [6, 6.07) is 2.02. The molecule has 0 bridgehead atoms. The van der Waals surface area contributed by atoms with Crippen LogP contribution in [-0.4, -0.2) is 5.11 Å². The summed E-state index contributed by atoms with van der Waals surface area (Å²) in [6.07, 6.45) is 4.69. The molecule has 2 rings (SSSR count). The summed E-state index contributed by atoms with van der Waals surface area (Å²) in [7, 11) is 0. The molecular weight excluding hydrogens is 248 g/mol. The van der Waals surface area contributed by atoms with Gasteiger partial charge >= 0.3 is 0 Å². The first-order chi connectivity index (χ1) is 6.25. The standard InChI is InChI=1S/C10H13BrOS/c11-8-5-10(13-6-8)9(12)4-7-2-1-3-7/h5-7,9,12H,1-4H2. The van der Waals surface area contributed by atoms with Gasteiger partial charge < -0.3 is 5.11 Å². The fraction of sp³-hybridized carbons (Fsp3) is 0.600. The highest BCUT2D eigenvalue weighted by molar-refractivity contribution is 9.10. The predicted molar refractivity (Wildman–Crippen MR) is 58.9 cm³/mol. The Balaban J connectivity index is 1.92. The molecule has 3 heteroatoms. The lowest BCUT2D eigenvalue weighted by molar-refractivity contribution is 0.121.